The molecule has 1 aliphatic heterocycles. The molecule has 1 unspecified atom stereocenters. The van der Waals surface area contributed by atoms with Crippen molar-refractivity contribution in [3.05, 3.63) is 71.8 Å². The summed E-state index contributed by atoms with van der Waals surface area (Å²) in [5.74, 6) is -0.197. The largest absolute Gasteiger partial charge is 0.330 e. The number of amides is 1. The summed E-state index contributed by atoms with van der Waals surface area (Å²) in [5, 5.41) is -0.855. The van der Waals surface area contributed by atoms with Gasteiger partial charge in [-0.2, -0.15) is 0 Å². The second-order valence-corrected chi connectivity index (χ2v) is 8.48. The summed E-state index contributed by atoms with van der Waals surface area (Å²) in [5.41, 5.74) is 1.89. The topological polar surface area (TPSA) is 54.5 Å². The Hall–Kier alpha value is -1.85. The Balaban J connectivity index is 2.02. The van der Waals surface area contributed by atoms with Gasteiger partial charge in [-0.3, -0.25) is 4.79 Å². The van der Waals surface area contributed by atoms with E-state index in [0.717, 1.165) is 11.1 Å². The van der Waals surface area contributed by atoms with E-state index in [2.05, 4.69) is 0 Å². The van der Waals surface area contributed by atoms with Crippen LogP contribution in [0.1, 0.15) is 23.6 Å². The van der Waals surface area contributed by atoms with Crippen molar-refractivity contribution >= 4 is 25.6 Å². The molecule has 2 aromatic carbocycles. The molecule has 0 spiro atoms. The second-order valence-electron chi connectivity index (χ2n) is 5.57. The molecule has 0 radical (unpaired) electrons. The monoisotopic (exact) mass is 349 g/mol. The maximum absolute atomic E-state index is 12.4. The third kappa shape index (κ3) is 3.41. The van der Waals surface area contributed by atoms with E-state index in [9.17, 15) is 13.2 Å². The summed E-state index contributed by atoms with van der Waals surface area (Å²) in [6.45, 7) is 0.110. The van der Waals surface area contributed by atoms with Gasteiger partial charge in [0.05, 0.1) is 6.04 Å². The Morgan fingerprint density at radius 3 is 1.83 bits per heavy atom. The maximum atomic E-state index is 12.4. The number of hydrogen-bond donors (Lipinski definition) is 0. The number of nitrogens with zero attached hydrogens (tertiary/aromatic N) is 1. The summed E-state index contributed by atoms with van der Waals surface area (Å²) >= 11 is 0. The van der Waals surface area contributed by atoms with Gasteiger partial charge >= 0.3 is 0 Å². The van der Waals surface area contributed by atoms with Gasteiger partial charge in [0.1, 0.15) is 5.25 Å². The second kappa shape index (κ2) is 6.34. The lowest BCUT2D eigenvalue weighted by atomic mass is 9.97. The zero-order valence-electron chi connectivity index (χ0n) is 12.3. The molecule has 1 amide bonds. The quantitative estimate of drug-likeness (QED) is 0.797. The predicted molar refractivity (Wildman–Crippen MR) is 89.6 cm³/mol. The summed E-state index contributed by atoms with van der Waals surface area (Å²) in [4.78, 5) is 14.0. The van der Waals surface area contributed by atoms with Crippen LogP contribution in [-0.2, 0) is 13.8 Å². The highest BCUT2D eigenvalue weighted by molar-refractivity contribution is 8.14. The van der Waals surface area contributed by atoms with Gasteiger partial charge < -0.3 is 4.90 Å². The third-order valence-corrected chi connectivity index (χ3v) is 5.93. The summed E-state index contributed by atoms with van der Waals surface area (Å²) < 4.78 is 23.2. The normalized spacial score (nSPS) is 18.6. The van der Waals surface area contributed by atoms with E-state index in [1.807, 2.05) is 60.7 Å². The molecular formula is C17H16ClNO3S. The molecule has 1 atom stereocenters. The first-order valence-corrected chi connectivity index (χ1v) is 9.67. The average molecular weight is 350 g/mol. The van der Waals surface area contributed by atoms with Crippen molar-refractivity contribution in [1.82, 2.24) is 4.90 Å². The fourth-order valence-electron chi connectivity index (χ4n) is 2.96. The molecule has 4 nitrogen and oxygen atoms in total. The zero-order chi connectivity index (χ0) is 16.4. The Bertz CT molecular complexity index is 754. The molecule has 0 aliphatic carbocycles. The lowest BCUT2D eigenvalue weighted by molar-refractivity contribution is -0.129. The molecule has 1 fully saturated rings. The van der Waals surface area contributed by atoms with Gasteiger partial charge in [-0.15, -0.1) is 0 Å². The Morgan fingerprint density at radius 2 is 1.43 bits per heavy atom. The number of hydrogen-bond acceptors (Lipinski definition) is 3. The van der Waals surface area contributed by atoms with Crippen molar-refractivity contribution in [2.75, 3.05) is 6.54 Å². The van der Waals surface area contributed by atoms with Gasteiger partial charge in [0.25, 0.3) is 0 Å². The number of benzene rings is 2. The van der Waals surface area contributed by atoms with Crippen LogP contribution < -0.4 is 0 Å². The molecule has 120 valence electrons. The highest BCUT2D eigenvalue weighted by Gasteiger charge is 2.41. The summed E-state index contributed by atoms with van der Waals surface area (Å²) in [7, 11) is 1.70. The number of rotatable bonds is 4. The Morgan fingerprint density at radius 1 is 0.957 bits per heavy atom. The van der Waals surface area contributed by atoms with E-state index in [1.54, 1.807) is 4.90 Å². The number of likely N-dealkylation sites (tertiary alicyclic amines) is 1. The zero-order valence-corrected chi connectivity index (χ0v) is 13.9. The van der Waals surface area contributed by atoms with Crippen molar-refractivity contribution in [2.45, 2.75) is 17.7 Å². The molecule has 0 N–H and O–H groups in total. The molecule has 23 heavy (non-hydrogen) atoms. The average Bonchev–Trinajstić information content (AvgIpc) is 2.92. The van der Waals surface area contributed by atoms with Crippen LogP contribution in [0.2, 0.25) is 0 Å². The number of carbonyl (C=O) groups excluding carboxylic acids is 1. The van der Waals surface area contributed by atoms with E-state index in [0.29, 0.717) is 0 Å². The van der Waals surface area contributed by atoms with Crippen LogP contribution in [0.3, 0.4) is 0 Å². The SMILES string of the molecule is O=C1CC(S(=O)(=O)Cl)CN1C(c1ccccc1)c1ccccc1. The van der Waals surface area contributed by atoms with E-state index >= 15 is 0 Å². The van der Waals surface area contributed by atoms with Gasteiger partial charge in [0.2, 0.25) is 15.0 Å². The van der Waals surface area contributed by atoms with Crippen molar-refractivity contribution in [1.29, 1.82) is 0 Å². The summed E-state index contributed by atoms with van der Waals surface area (Å²) in [6, 6.07) is 18.9. The molecule has 1 heterocycles. The smallest absolute Gasteiger partial charge is 0.237 e. The lowest BCUT2D eigenvalue weighted by Gasteiger charge is -2.29. The first-order valence-electron chi connectivity index (χ1n) is 7.29. The van der Waals surface area contributed by atoms with Crippen LogP contribution in [0, 0.1) is 0 Å². The number of carbonyl (C=O) groups is 1. The Labute approximate surface area is 140 Å². The highest BCUT2D eigenvalue weighted by Crippen LogP contribution is 2.34. The number of halogens is 1. The standard InChI is InChI=1S/C17H16ClNO3S/c18-23(21,22)15-11-16(20)19(12-15)17(13-7-3-1-4-8-13)14-9-5-2-6-10-14/h1-10,15,17H,11-12H2. The van der Waals surface area contributed by atoms with Gasteiger partial charge in [0, 0.05) is 23.6 Å². The summed E-state index contributed by atoms with van der Waals surface area (Å²) in [6.07, 6.45) is -0.0675. The minimum absolute atomic E-state index is 0.0675. The fourth-order valence-corrected chi connectivity index (χ4v) is 4.00. The third-order valence-electron chi connectivity index (χ3n) is 4.06. The molecule has 2 aromatic rings. The fraction of sp³-hybridized carbons (Fsp3) is 0.235. The van der Waals surface area contributed by atoms with Gasteiger partial charge in [-0.05, 0) is 11.1 Å². The molecular weight excluding hydrogens is 334 g/mol. The van der Waals surface area contributed by atoms with Crippen LogP contribution in [0.4, 0.5) is 0 Å². The predicted octanol–water partition coefficient (Wildman–Crippen LogP) is 2.95. The minimum Gasteiger partial charge on any atom is -0.330 e. The van der Waals surface area contributed by atoms with E-state index < -0.39 is 14.3 Å². The minimum atomic E-state index is -3.76. The first-order chi connectivity index (χ1) is 11.0. The lowest BCUT2D eigenvalue weighted by Crippen LogP contribution is -2.32. The maximum Gasteiger partial charge on any atom is 0.237 e. The van der Waals surface area contributed by atoms with Gasteiger partial charge in [-0.1, -0.05) is 60.7 Å². The van der Waals surface area contributed by atoms with Crippen LogP contribution in [0.5, 0.6) is 0 Å². The van der Waals surface area contributed by atoms with E-state index in [4.69, 9.17) is 10.7 Å². The van der Waals surface area contributed by atoms with E-state index in [-0.39, 0.29) is 24.9 Å². The molecule has 1 aliphatic rings. The van der Waals surface area contributed by atoms with Crippen LogP contribution >= 0.6 is 10.7 Å². The van der Waals surface area contributed by atoms with E-state index in [1.165, 1.54) is 0 Å². The Kier molecular flexibility index (Phi) is 4.41. The first kappa shape index (κ1) is 16.0. The van der Waals surface area contributed by atoms with Crippen molar-refractivity contribution in [2.24, 2.45) is 0 Å². The van der Waals surface area contributed by atoms with Crippen LogP contribution in [0.25, 0.3) is 0 Å². The molecule has 0 aromatic heterocycles. The van der Waals surface area contributed by atoms with Crippen molar-refractivity contribution in [3.8, 4) is 0 Å². The van der Waals surface area contributed by atoms with Crippen LogP contribution in [0.15, 0.2) is 60.7 Å². The molecule has 0 bridgehead atoms. The molecule has 3 rings (SSSR count). The highest BCUT2D eigenvalue weighted by atomic mass is 35.7. The van der Waals surface area contributed by atoms with Gasteiger partial charge in [-0.25, -0.2) is 8.42 Å². The van der Waals surface area contributed by atoms with Crippen molar-refractivity contribution < 1.29 is 13.2 Å². The van der Waals surface area contributed by atoms with Crippen molar-refractivity contribution in [3.63, 3.8) is 0 Å². The molecule has 1 saturated heterocycles. The van der Waals surface area contributed by atoms with Gasteiger partial charge in [0.15, 0.2) is 0 Å². The molecule has 0 saturated carbocycles. The molecule has 6 heteroatoms. The van der Waals surface area contributed by atoms with Crippen LogP contribution in [-0.4, -0.2) is 31.0 Å².